The number of Topliss-reactive ketones (excluding diaryl/α,β-unsaturated/α-hetero) is 1. The van der Waals surface area contributed by atoms with Crippen LogP contribution in [0.1, 0.15) is 27.4 Å². The highest BCUT2D eigenvalue weighted by Crippen LogP contribution is 2.22. The van der Waals surface area contributed by atoms with Gasteiger partial charge in [-0.05, 0) is 30.7 Å². The van der Waals surface area contributed by atoms with Gasteiger partial charge in [-0.25, -0.2) is 0 Å². The number of carbonyl (C=O) groups is 1. The van der Waals surface area contributed by atoms with E-state index in [1.807, 2.05) is 37.3 Å². The van der Waals surface area contributed by atoms with E-state index in [2.05, 4.69) is 22.0 Å². The molecular formula is C16H12BrNO. The van der Waals surface area contributed by atoms with Crippen molar-refractivity contribution in [2.45, 2.75) is 12.8 Å². The van der Waals surface area contributed by atoms with Crippen LogP contribution in [0, 0.1) is 18.3 Å². The van der Waals surface area contributed by atoms with Gasteiger partial charge in [-0.15, -0.1) is 0 Å². The molecule has 2 nitrogen and oxygen atoms in total. The van der Waals surface area contributed by atoms with Gasteiger partial charge in [-0.2, -0.15) is 5.26 Å². The van der Waals surface area contributed by atoms with Gasteiger partial charge in [-0.3, -0.25) is 4.79 Å². The van der Waals surface area contributed by atoms with Gasteiger partial charge in [-0.1, -0.05) is 51.8 Å². The number of nitrogens with zero attached hydrogens (tertiary/aromatic N) is 1. The molecule has 94 valence electrons. The Labute approximate surface area is 120 Å². The van der Waals surface area contributed by atoms with Crippen molar-refractivity contribution >= 4 is 21.7 Å². The molecule has 0 saturated heterocycles. The van der Waals surface area contributed by atoms with E-state index >= 15 is 0 Å². The normalized spacial score (nSPS) is 11.6. The van der Waals surface area contributed by atoms with E-state index in [4.69, 9.17) is 0 Å². The summed E-state index contributed by atoms with van der Waals surface area (Å²) in [4.78, 5) is 12.4. The second-order valence-corrected chi connectivity index (χ2v) is 5.26. The predicted octanol–water partition coefficient (Wildman–Crippen LogP) is 4.25. The molecule has 0 spiro atoms. The van der Waals surface area contributed by atoms with Crippen LogP contribution in [0.2, 0.25) is 0 Å². The fourth-order valence-corrected chi connectivity index (χ4v) is 2.17. The molecule has 0 radical (unpaired) electrons. The number of aryl methyl sites for hydroxylation is 1. The molecule has 1 atom stereocenters. The second kappa shape index (κ2) is 5.81. The zero-order chi connectivity index (χ0) is 13.8. The average molecular weight is 314 g/mol. The molecule has 19 heavy (non-hydrogen) atoms. The van der Waals surface area contributed by atoms with Gasteiger partial charge in [0.1, 0.15) is 5.92 Å². The van der Waals surface area contributed by atoms with Crippen LogP contribution in [0.25, 0.3) is 0 Å². The van der Waals surface area contributed by atoms with Crippen molar-refractivity contribution in [2.75, 3.05) is 0 Å². The first-order valence-corrected chi connectivity index (χ1v) is 6.67. The van der Waals surface area contributed by atoms with Gasteiger partial charge in [0.2, 0.25) is 0 Å². The van der Waals surface area contributed by atoms with Crippen molar-refractivity contribution in [1.29, 1.82) is 5.26 Å². The second-order valence-electron chi connectivity index (χ2n) is 4.35. The number of halogens is 1. The minimum atomic E-state index is -0.755. The summed E-state index contributed by atoms with van der Waals surface area (Å²) in [5.74, 6) is -0.913. The lowest BCUT2D eigenvalue weighted by atomic mass is 9.91. The largest absolute Gasteiger partial charge is 0.292 e. The quantitative estimate of drug-likeness (QED) is 0.795. The maximum atomic E-state index is 12.4. The molecule has 0 saturated carbocycles. The molecule has 2 aromatic rings. The van der Waals surface area contributed by atoms with Gasteiger partial charge in [0.25, 0.3) is 0 Å². The maximum Gasteiger partial charge on any atom is 0.184 e. The minimum absolute atomic E-state index is 0.159. The Bertz CT molecular complexity index is 641. The molecule has 0 aliphatic rings. The van der Waals surface area contributed by atoms with Crippen molar-refractivity contribution in [2.24, 2.45) is 0 Å². The lowest BCUT2D eigenvalue weighted by molar-refractivity contribution is 0.0979. The molecule has 0 bridgehead atoms. The lowest BCUT2D eigenvalue weighted by Crippen LogP contribution is -2.11. The summed E-state index contributed by atoms with van der Waals surface area (Å²) >= 11 is 3.34. The van der Waals surface area contributed by atoms with E-state index in [1.165, 1.54) is 0 Å². The van der Waals surface area contributed by atoms with Crippen LogP contribution in [-0.4, -0.2) is 5.78 Å². The van der Waals surface area contributed by atoms with E-state index in [9.17, 15) is 10.1 Å². The monoisotopic (exact) mass is 313 g/mol. The molecule has 2 aromatic carbocycles. The van der Waals surface area contributed by atoms with Crippen LogP contribution < -0.4 is 0 Å². The van der Waals surface area contributed by atoms with Crippen molar-refractivity contribution in [3.8, 4) is 6.07 Å². The first-order valence-electron chi connectivity index (χ1n) is 5.88. The Morgan fingerprint density at radius 1 is 1.21 bits per heavy atom. The summed E-state index contributed by atoms with van der Waals surface area (Å²) in [6, 6.07) is 16.7. The number of hydrogen-bond donors (Lipinski definition) is 0. The summed E-state index contributed by atoms with van der Waals surface area (Å²) in [5.41, 5.74) is 2.31. The molecule has 0 heterocycles. The Kier molecular flexibility index (Phi) is 4.13. The van der Waals surface area contributed by atoms with Crippen LogP contribution in [0.15, 0.2) is 53.0 Å². The van der Waals surface area contributed by atoms with Crippen molar-refractivity contribution in [3.63, 3.8) is 0 Å². The summed E-state index contributed by atoms with van der Waals surface area (Å²) in [6.45, 7) is 1.93. The molecule has 0 aromatic heterocycles. The van der Waals surface area contributed by atoms with Crippen LogP contribution >= 0.6 is 15.9 Å². The molecule has 0 aliphatic carbocycles. The first-order chi connectivity index (χ1) is 9.11. The minimum Gasteiger partial charge on any atom is -0.292 e. The highest BCUT2D eigenvalue weighted by atomic mass is 79.9. The van der Waals surface area contributed by atoms with Crippen LogP contribution in [-0.2, 0) is 0 Å². The predicted molar refractivity (Wildman–Crippen MR) is 78.0 cm³/mol. The van der Waals surface area contributed by atoms with Crippen LogP contribution in [0.4, 0.5) is 0 Å². The average Bonchev–Trinajstić information content (AvgIpc) is 2.41. The molecule has 3 heteroatoms. The third-order valence-corrected chi connectivity index (χ3v) is 3.43. The maximum absolute atomic E-state index is 12.4. The summed E-state index contributed by atoms with van der Waals surface area (Å²) in [7, 11) is 0. The Morgan fingerprint density at radius 2 is 1.89 bits per heavy atom. The summed E-state index contributed by atoms with van der Waals surface area (Å²) in [6.07, 6.45) is 0. The summed E-state index contributed by atoms with van der Waals surface area (Å²) in [5, 5.41) is 9.27. The standard InChI is InChI=1S/C16H12BrNO/c1-11-3-2-4-13(9-11)16(19)15(10-18)12-5-7-14(17)8-6-12/h2-9,15H,1H3. The van der Waals surface area contributed by atoms with Crippen LogP contribution in [0.5, 0.6) is 0 Å². The third-order valence-electron chi connectivity index (χ3n) is 2.90. The zero-order valence-corrected chi connectivity index (χ0v) is 12.0. The SMILES string of the molecule is Cc1cccc(C(=O)C(C#N)c2ccc(Br)cc2)c1. The first kappa shape index (κ1) is 13.5. The highest BCUT2D eigenvalue weighted by molar-refractivity contribution is 9.10. The Balaban J connectivity index is 2.35. The third kappa shape index (κ3) is 3.10. The molecule has 0 fully saturated rings. The number of hydrogen-bond acceptors (Lipinski definition) is 2. The molecule has 0 N–H and O–H groups in total. The molecular weight excluding hydrogens is 302 g/mol. The van der Waals surface area contributed by atoms with Gasteiger partial charge < -0.3 is 0 Å². The van der Waals surface area contributed by atoms with Gasteiger partial charge in [0, 0.05) is 10.0 Å². The van der Waals surface area contributed by atoms with Crippen LogP contribution in [0.3, 0.4) is 0 Å². The van der Waals surface area contributed by atoms with Gasteiger partial charge in [0.15, 0.2) is 5.78 Å². The smallest absolute Gasteiger partial charge is 0.184 e. The van der Waals surface area contributed by atoms with E-state index in [0.717, 1.165) is 15.6 Å². The zero-order valence-electron chi connectivity index (χ0n) is 10.4. The summed E-state index contributed by atoms with van der Waals surface area (Å²) < 4.78 is 0.927. The Hall–Kier alpha value is -1.92. The molecule has 1 unspecified atom stereocenters. The number of ketones is 1. The lowest BCUT2D eigenvalue weighted by Gasteiger charge is -2.09. The molecule has 0 amide bonds. The fraction of sp³-hybridized carbons (Fsp3) is 0.125. The van der Waals surface area contributed by atoms with Crippen molar-refractivity contribution in [3.05, 3.63) is 69.7 Å². The van der Waals surface area contributed by atoms with E-state index in [1.54, 1.807) is 18.2 Å². The van der Waals surface area contributed by atoms with E-state index in [0.29, 0.717) is 5.56 Å². The topological polar surface area (TPSA) is 40.9 Å². The van der Waals surface area contributed by atoms with Gasteiger partial charge >= 0.3 is 0 Å². The van der Waals surface area contributed by atoms with E-state index in [-0.39, 0.29) is 5.78 Å². The number of benzene rings is 2. The highest BCUT2D eigenvalue weighted by Gasteiger charge is 2.21. The number of nitriles is 1. The van der Waals surface area contributed by atoms with Crippen molar-refractivity contribution in [1.82, 2.24) is 0 Å². The van der Waals surface area contributed by atoms with Crippen molar-refractivity contribution < 1.29 is 4.79 Å². The number of carbonyl (C=O) groups excluding carboxylic acids is 1. The number of rotatable bonds is 3. The molecule has 2 rings (SSSR count). The molecule has 0 aliphatic heterocycles. The Morgan fingerprint density at radius 3 is 2.47 bits per heavy atom. The van der Waals surface area contributed by atoms with Gasteiger partial charge in [0.05, 0.1) is 6.07 Å². The van der Waals surface area contributed by atoms with E-state index < -0.39 is 5.92 Å². The fourth-order valence-electron chi connectivity index (χ4n) is 1.90.